The van der Waals surface area contributed by atoms with Crippen molar-refractivity contribution in [2.45, 2.75) is 13.3 Å². The number of nitrogens with zero attached hydrogens (tertiary/aromatic N) is 2. The predicted octanol–water partition coefficient (Wildman–Crippen LogP) is 4.80. The summed E-state index contributed by atoms with van der Waals surface area (Å²) in [7, 11) is 4.39. The van der Waals surface area contributed by atoms with Crippen molar-refractivity contribution < 1.29 is 36.9 Å². The SMILES string of the molecule is COc1cc(-c2c(-c3ccc(OC(F)(F)F)cc3)cnn2C(C)=O)cc(OC)c1OC. The Morgan fingerprint density at radius 3 is 1.97 bits per heavy atom. The maximum Gasteiger partial charge on any atom is 0.573 e. The molecule has 2 aromatic carbocycles. The number of hydrogen-bond acceptors (Lipinski definition) is 6. The zero-order valence-corrected chi connectivity index (χ0v) is 17.1. The molecule has 0 atom stereocenters. The summed E-state index contributed by atoms with van der Waals surface area (Å²) in [5.41, 5.74) is 2.00. The average Bonchev–Trinajstić information content (AvgIpc) is 3.17. The van der Waals surface area contributed by atoms with Crippen molar-refractivity contribution in [1.82, 2.24) is 9.78 Å². The summed E-state index contributed by atoms with van der Waals surface area (Å²) >= 11 is 0. The fourth-order valence-corrected chi connectivity index (χ4v) is 3.13. The smallest absolute Gasteiger partial charge is 0.493 e. The second-order valence-corrected chi connectivity index (χ2v) is 6.32. The van der Waals surface area contributed by atoms with Gasteiger partial charge in [0.1, 0.15) is 5.75 Å². The lowest BCUT2D eigenvalue weighted by molar-refractivity contribution is -0.274. The van der Waals surface area contributed by atoms with Crippen LogP contribution in [0.3, 0.4) is 0 Å². The van der Waals surface area contributed by atoms with Crippen LogP contribution in [0.4, 0.5) is 13.2 Å². The Morgan fingerprint density at radius 1 is 0.935 bits per heavy atom. The highest BCUT2D eigenvalue weighted by molar-refractivity contribution is 5.90. The van der Waals surface area contributed by atoms with E-state index in [9.17, 15) is 18.0 Å². The van der Waals surface area contributed by atoms with E-state index in [4.69, 9.17) is 14.2 Å². The van der Waals surface area contributed by atoms with Crippen molar-refractivity contribution in [2.75, 3.05) is 21.3 Å². The molecular weight excluding hydrogens is 417 g/mol. The monoisotopic (exact) mass is 436 g/mol. The van der Waals surface area contributed by atoms with E-state index in [1.54, 1.807) is 12.1 Å². The molecule has 31 heavy (non-hydrogen) atoms. The van der Waals surface area contributed by atoms with Crippen LogP contribution < -0.4 is 18.9 Å². The quantitative estimate of drug-likeness (QED) is 0.553. The van der Waals surface area contributed by atoms with Crippen molar-refractivity contribution in [3.05, 3.63) is 42.6 Å². The van der Waals surface area contributed by atoms with Gasteiger partial charge in [0.2, 0.25) is 11.7 Å². The third-order valence-electron chi connectivity index (χ3n) is 4.40. The number of aromatic nitrogens is 2. The Morgan fingerprint density at radius 2 is 1.52 bits per heavy atom. The van der Waals surface area contributed by atoms with E-state index in [0.717, 1.165) is 0 Å². The molecule has 3 aromatic rings. The van der Waals surface area contributed by atoms with Crippen LogP contribution in [0.5, 0.6) is 23.0 Å². The number of benzene rings is 2. The maximum absolute atomic E-state index is 12.4. The lowest BCUT2D eigenvalue weighted by atomic mass is 10.0. The van der Waals surface area contributed by atoms with Crippen molar-refractivity contribution >= 4 is 5.91 Å². The van der Waals surface area contributed by atoms with Crippen LogP contribution in [0.1, 0.15) is 11.7 Å². The lowest BCUT2D eigenvalue weighted by Crippen LogP contribution is -2.16. The van der Waals surface area contributed by atoms with Crippen molar-refractivity contribution in [3.63, 3.8) is 0 Å². The highest BCUT2D eigenvalue weighted by Gasteiger charge is 2.31. The number of carbonyl (C=O) groups excluding carboxylic acids is 1. The zero-order chi connectivity index (χ0) is 22.8. The van der Waals surface area contributed by atoms with Gasteiger partial charge < -0.3 is 18.9 Å². The third kappa shape index (κ3) is 4.57. The van der Waals surface area contributed by atoms with Gasteiger partial charge in [-0.2, -0.15) is 9.78 Å². The fraction of sp³-hybridized carbons (Fsp3) is 0.238. The van der Waals surface area contributed by atoms with E-state index in [2.05, 4.69) is 9.84 Å². The molecule has 0 amide bonds. The summed E-state index contributed by atoms with van der Waals surface area (Å²) in [5.74, 6) is 0.399. The number of hydrogen-bond donors (Lipinski definition) is 0. The van der Waals surface area contributed by atoms with Crippen molar-refractivity contribution in [2.24, 2.45) is 0 Å². The first-order valence-corrected chi connectivity index (χ1v) is 8.94. The Hall–Kier alpha value is -3.69. The van der Waals surface area contributed by atoms with Gasteiger partial charge in [-0.3, -0.25) is 4.79 Å². The second-order valence-electron chi connectivity index (χ2n) is 6.32. The standard InChI is InChI=1S/C21H19F3N2O5/c1-12(27)26-19(14-9-17(28-2)20(30-4)18(10-14)29-3)16(11-25-26)13-5-7-15(8-6-13)31-21(22,23)24/h5-11H,1-4H3. The maximum atomic E-state index is 12.4. The minimum atomic E-state index is -4.79. The molecule has 0 aliphatic carbocycles. The van der Waals surface area contributed by atoms with E-state index in [0.29, 0.717) is 39.6 Å². The second kappa shape index (κ2) is 8.58. The molecule has 0 fully saturated rings. The largest absolute Gasteiger partial charge is 0.573 e. The predicted molar refractivity (Wildman–Crippen MR) is 106 cm³/mol. The molecular formula is C21H19F3N2O5. The van der Waals surface area contributed by atoms with Gasteiger partial charge in [0.05, 0.1) is 33.2 Å². The molecule has 1 heterocycles. The van der Waals surface area contributed by atoms with E-state index in [1.165, 1.54) is 63.4 Å². The summed E-state index contributed by atoms with van der Waals surface area (Å²) in [4.78, 5) is 12.2. The molecule has 0 aliphatic heterocycles. The van der Waals surface area contributed by atoms with Crippen LogP contribution in [0.15, 0.2) is 42.6 Å². The zero-order valence-electron chi connectivity index (χ0n) is 17.1. The van der Waals surface area contributed by atoms with E-state index < -0.39 is 6.36 Å². The molecule has 164 valence electrons. The molecule has 0 N–H and O–H groups in total. The normalized spacial score (nSPS) is 11.2. The fourth-order valence-electron chi connectivity index (χ4n) is 3.13. The van der Waals surface area contributed by atoms with Gasteiger partial charge in [0, 0.05) is 18.1 Å². The van der Waals surface area contributed by atoms with Crippen molar-refractivity contribution in [3.8, 4) is 45.4 Å². The first-order valence-electron chi connectivity index (χ1n) is 8.94. The van der Waals surface area contributed by atoms with Gasteiger partial charge in [0.15, 0.2) is 11.5 Å². The van der Waals surface area contributed by atoms with Gasteiger partial charge in [-0.15, -0.1) is 13.2 Å². The highest BCUT2D eigenvalue weighted by atomic mass is 19.4. The molecule has 0 unspecified atom stereocenters. The first kappa shape index (κ1) is 22.0. The summed E-state index contributed by atoms with van der Waals surface area (Å²) < 4.78 is 58.5. The molecule has 0 saturated heterocycles. The number of alkyl halides is 3. The van der Waals surface area contributed by atoms with Crippen LogP contribution in [0.2, 0.25) is 0 Å². The van der Waals surface area contributed by atoms with Crippen LogP contribution in [0, 0.1) is 0 Å². The number of methoxy groups -OCH3 is 3. The van der Waals surface area contributed by atoms with Crippen molar-refractivity contribution in [1.29, 1.82) is 0 Å². The Kier molecular flexibility index (Phi) is 6.09. The molecule has 0 spiro atoms. The Bertz CT molecular complexity index is 1070. The van der Waals surface area contributed by atoms with Crippen LogP contribution in [-0.2, 0) is 0 Å². The molecule has 1 aromatic heterocycles. The Labute approximate surface area is 175 Å². The van der Waals surface area contributed by atoms with Gasteiger partial charge in [-0.05, 0) is 29.8 Å². The number of rotatable bonds is 6. The van der Waals surface area contributed by atoms with Gasteiger partial charge in [-0.25, -0.2) is 0 Å². The minimum absolute atomic E-state index is 0.355. The third-order valence-corrected chi connectivity index (χ3v) is 4.40. The molecule has 0 saturated carbocycles. The van der Waals surface area contributed by atoms with Crippen LogP contribution in [0.25, 0.3) is 22.4 Å². The molecule has 0 aliphatic rings. The average molecular weight is 436 g/mol. The van der Waals surface area contributed by atoms with Crippen LogP contribution >= 0.6 is 0 Å². The van der Waals surface area contributed by atoms with Gasteiger partial charge >= 0.3 is 6.36 Å². The topological polar surface area (TPSA) is 71.8 Å². The lowest BCUT2D eigenvalue weighted by Gasteiger charge is -2.15. The Balaban J connectivity index is 2.16. The molecule has 7 nitrogen and oxygen atoms in total. The minimum Gasteiger partial charge on any atom is -0.493 e. The van der Waals surface area contributed by atoms with Crippen LogP contribution in [-0.4, -0.2) is 43.4 Å². The number of halogens is 3. The van der Waals surface area contributed by atoms with E-state index >= 15 is 0 Å². The van der Waals surface area contributed by atoms with E-state index in [-0.39, 0.29) is 11.7 Å². The van der Waals surface area contributed by atoms with Gasteiger partial charge in [-0.1, -0.05) is 12.1 Å². The number of carbonyl (C=O) groups is 1. The summed E-state index contributed by atoms with van der Waals surface area (Å²) in [6.45, 7) is 1.35. The van der Waals surface area contributed by atoms with Gasteiger partial charge in [0.25, 0.3) is 0 Å². The summed E-state index contributed by atoms with van der Waals surface area (Å²) in [6.07, 6.45) is -3.33. The first-order chi connectivity index (χ1) is 14.7. The number of ether oxygens (including phenoxy) is 4. The van der Waals surface area contributed by atoms with E-state index in [1.807, 2.05) is 0 Å². The molecule has 3 rings (SSSR count). The molecule has 10 heteroatoms. The summed E-state index contributed by atoms with van der Waals surface area (Å²) in [5, 5.41) is 4.15. The highest BCUT2D eigenvalue weighted by Crippen LogP contribution is 2.43. The molecule has 0 radical (unpaired) electrons. The molecule has 0 bridgehead atoms. The summed E-state index contributed by atoms with van der Waals surface area (Å²) in [6, 6.07) is 8.58.